The van der Waals surface area contributed by atoms with Crippen molar-refractivity contribution in [2.75, 3.05) is 0 Å². The van der Waals surface area contributed by atoms with Crippen LogP contribution in [0.25, 0.3) is 11.3 Å². The summed E-state index contributed by atoms with van der Waals surface area (Å²) in [5.41, 5.74) is 2.70. The van der Waals surface area contributed by atoms with Crippen LogP contribution in [0.4, 0.5) is 26.3 Å². The van der Waals surface area contributed by atoms with Gasteiger partial charge in [-0.05, 0) is 18.2 Å². The summed E-state index contributed by atoms with van der Waals surface area (Å²) in [7, 11) is 0. The lowest BCUT2D eigenvalue weighted by Gasteiger charge is -2.14. The molecule has 2 rings (SSSR count). The van der Waals surface area contributed by atoms with E-state index in [1.807, 2.05) is 0 Å². The summed E-state index contributed by atoms with van der Waals surface area (Å²) in [6, 6.07) is 1.33. The maximum atomic E-state index is 12.7. The summed E-state index contributed by atoms with van der Waals surface area (Å²) in [4.78, 5) is 0. The fourth-order valence-electron chi connectivity index (χ4n) is 1.82. The molecule has 0 bridgehead atoms. The number of rotatable bonds is 2. The number of aromatic amines is 1. The Hall–Kier alpha value is -2.03. The van der Waals surface area contributed by atoms with Gasteiger partial charge in [0.2, 0.25) is 0 Å². The van der Waals surface area contributed by atoms with E-state index in [0.29, 0.717) is 17.7 Å². The number of nitrogens with two attached hydrogens (primary N) is 1. The number of halogens is 6. The summed E-state index contributed by atoms with van der Waals surface area (Å²) < 4.78 is 76.5. The first-order valence-corrected chi connectivity index (χ1v) is 5.65. The molecule has 0 aliphatic carbocycles. The first-order valence-electron chi connectivity index (χ1n) is 5.65. The number of alkyl halides is 6. The topological polar surface area (TPSA) is 54.7 Å². The van der Waals surface area contributed by atoms with Crippen molar-refractivity contribution in [3.05, 3.63) is 41.1 Å². The van der Waals surface area contributed by atoms with Gasteiger partial charge in [-0.1, -0.05) is 0 Å². The van der Waals surface area contributed by atoms with Crippen LogP contribution in [0.3, 0.4) is 0 Å². The van der Waals surface area contributed by atoms with E-state index >= 15 is 0 Å². The summed E-state index contributed by atoms with van der Waals surface area (Å²) >= 11 is 0. The Morgan fingerprint density at radius 2 is 1.48 bits per heavy atom. The fraction of sp³-hybridized carbons (Fsp3) is 0.250. The van der Waals surface area contributed by atoms with Crippen molar-refractivity contribution in [2.45, 2.75) is 18.9 Å². The molecule has 1 heterocycles. The first kappa shape index (κ1) is 15.4. The van der Waals surface area contributed by atoms with Gasteiger partial charge < -0.3 is 5.73 Å². The average molecular weight is 309 g/mol. The van der Waals surface area contributed by atoms with Crippen LogP contribution in [0, 0.1) is 0 Å². The molecule has 0 aliphatic rings. The van der Waals surface area contributed by atoms with Gasteiger partial charge in [0.05, 0.1) is 23.0 Å². The van der Waals surface area contributed by atoms with Crippen molar-refractivity contribution in [3.63, 3.8) is 0 Å². The van der Waals surface area contributed by atoms with Crippen molar-refractivity contribution in [1.29, 1.82) is 0 Å². The summed E-state index contributed by atoms with van der Waals surface area (Å²) in [5, 5.41) is 5.95. The van der Waals surface area contributed by atoms with Crippen LogP contribution in [0.2, 0.25) is 0 Å². The standard InChI is InChI=1S/C12H9F6N3/c13-11(14,15)8-1-6(2-9(3-8)12(16,17)18)10-7(4-19)5-20-21-10/h1-3,5H,4,19H2,(H,20,21). The van der Waals surface area contributed by atoms with Crippen LogP contribution in [0.1, 0.15) is 16.7 Å². The third-order valence-electron chi connectivity index (χ3n) is 2.81. The molecule has 21 heavy (non-hydrogen) atoms. The maximum absolute atomic E-state index is 12.7. The predicted octanol–water partition coefficient (Wildman–Crippen LogP) is 3.57. The van der Waals surface area contributed by atoms with Crippen molar-refractivity contribution < 1.29 is 26.3 Å². The predicted molar refractivity (Wildman–Crippen MR) is 61.9 cm³/mol. The van der Waals surface area contributed by atoms with E-state index in [0.717, 1.165) is 0 Å². The van der Waals surface area contributed by atoms with Crippen molar-refractivity contribution >= 4 is 0 Å². The Bertz CT molecular complexity index is 609. The van der Waals surface area contributed by atoms with E-state index in [-0.39, 0.29) is 23.9 Å². The highest BCUT2D eigenvalue weighted by atomic mass is 19.4. The van der Waals surface area contributed by atoms with Gasteiger partial charge in [-0.3, -0.25) is 5.10 Å². The molecule has 114 valence electrons. The molecule has 9 heteroatoms. The van der Waals surface area contributed by atoms with E-state index in [1.165, 1.54) is 6.20 Å². The number of nitrogens with one attached hydrogen (secondary N) is 1. The number of hydrogen-bond acceptors (Lipinski definition) is 2. The maximum Gasteiger partial charge on any atom is 0.416 e. The van der Waals surface area contributed by atoms with E-state index < -0.39 is 23.5 Å². The van der Waals surface area contributed by atoms with Gasteiger partial charge in [0.1, 0.15) is 0 Å². The Kier molecular flexibility index (Phi) is 3.70. The second-order valence-corrected chi connectivity index (χ2v) is 4.27. The highest BCUT2D eigenvalue weighted by Crippen LogP contribution is 2.38. The molecule has 0 aliphatic heterocycles. The summed E-state index contributed by atoms with van der Waals surface area (Å²) in [5.74, 6) is 0. The monoisotopic (exact) mass is 309 g/mol. The third-order valence-corrected chi connectivity index (χ3v) is 2.81. The van der Waals surface area contributed by atoms with Crippen LogP contribution in [-0.2, 0) is 18.9 Å². The van der Waals surface area contributed by atoms with Gasteiger partial charge in [-0.2, -0.15) is 31.4 Å². The lowest BCUT2D eigenvalue weighted by Crippen LogP contribution is -2.11. The first-order chi connectivity index (χ1) is 9.63. The lowest BCUT2D eigenvalue weighted by molar-refractivity contribution is -0.143. The minimum Gasteiger partial charge on any atom is -0.326 e. The van der Waals surface area contributed by atoms with Crippen LogP contribution in [0.5, 0.6) is 0 Å². The molecule has 1 aromatic carbocycles. The molecule has 2 aromatic rings. The van der Waals surface area contributed by atoms with E-state index in [2.05, 4.69) is 10.2 Å². The van der Waals surface area contributed by atoms with Crippen molar-refractivity contribution in [3.8, 4) is 11.3 Å². The number of aromatic nitrogens is 2. The summed E-state index contributed by atoms with van der Waals surface area (Å²) in [6.07, 6.45) is -8.53. The molecule has 0 unspecified atom stereocenters. The van der Waals surface area contributed by atoms with Crippen LogP contribution in [-0.4, -0.2) is 10.2 Å². The molecule has 3 N–H and O–H groups in total. The highest BCUT2D eigenvalue weighted by Gasteiger charge is 2.37. The molecule has 0 saturated heterocycles. The molecule has 0 saturated carbocycles. The number of benzene rings is 1. The summed E-state index contributed by atoms with van der Waals surface area (Å²) in [6.45, 7) is -0.0660. The normalized spacial score (nSPS) is 12.7. The molecule has 0 atom stereocenters. The van der Waals surface area contributed by atoms with Crippen molar-refractivity contribution in [2.24, 2.45) is 5.73 Å². The Morgan fingerprint density at radius 1 is 0.952 bits per heavy atom. The van der Waals surface area contributed by atoms with Crippen LogP contribution in [0.15, 0.2) is 24.4 Å². The molecule has 0 radical (unpaired) electrons. The van der Waals surface area contributed by atoms with Gasteiger partial charge in [-0.25, -0.2) is 0 Å². The molecule has 3 nitrogen and oxygen atoms in total. The molecular weight excluding hydrogens is 300 g/mol. The second kappa shape index (κ2) is 5.06. The minimum absolute atomic E-state index is 0.0362. The quantitative estimate of drug-likeness (QED) is 0.833. The molecule has 0 amide bonds. The van der Waals surface area contributed by atoms with E-state index in [4.69, 9.17) is 5.73 Å². The van der Waals surface area contributed by atoms with E-state index in [9.17, 15) is 26.3 Å². The Labute approximate surface area is 114 Å². The SMILES string of the molecule is NCc1cn[nH]c1-c1cc(C(F)(F)F)cc(C(F)(F)F)c1. The molecule has 0 spiro atoms. The van der Waals surface area contributed by atoms with Gasteiger partial charge >= 0.3 is 12.4 Å². The smallest absolute Gasteiger partial charge is 0.326 e. The zero-order valence-corrected chi connectivity index (χ0v) is 10.3. The largest absolute Gasteiger partial charge is 0.416 e. The number of hydrogen-bond donors (Lipinski definition) is 2. The van der Waals surface area contributed by atoms with Gasteiger partial charge in [0.15, 0.2) is 0 Å². The fourth-order valence-corrected chi connectivity index (χ4v) is 1.82. The third kappa shape index (κ3) is 3.18. The van der Waals surface area contributed by atoms with Crippen LogP contribution < -0.4 is 5.73 Å². The Morgan fingerprint density at radius 3 is 1.90 bits per heavy atom. The lowest BCUT2D eigenvalue weighted by atomic mass is 10.0. The Balaban J connectivity index is 2.66. The zero-order chi connectivity index (χ0) is 15.8. The van der Waals surface area contributed by atoms with Crippen molar-refractivity contribution in [1.82, 2.24) is 10.2 Å². The van der Waals surface area contributed by atoms with Gasteiger partial charge in [0, 0.05) is 17.7 Å². The average Bonchev–Trinajstić information content (AvgIpc) is 2.84. The molecule has 1 aromatic heterocycles. The minimum atomic E-state index is -4.89. The molecule has 0 fully saturated rings. The second-order valence-electron chi connectivity index (χ2n) is 4.27. The van der Waals surface area contributed by atoms with Gasteiger partial charge in [0.25, 0.3) is 0 Å². The van der Waals surface area contributed by atoms with Gasteiger partial charge in [-0.15, -0.1) is 0 Å². The molecular formula is C12H9F6N3. The van der Waals surface area contributed by atoms with Crippen LogP contribution >= 0.6 is 0 Å². The highest BCUT2D eigenvalue weighted by molar-refractivity contribution is 5.65. The van der Waals surface area contributed by atoms with E-state index in [1.54, 1.807) is 0 Å². The number of nitrogens with zero attached hydrogens (tertiary/aromatic N) is 1. The zero-order valence-electron chi connectivity index (χ0n) is 10.3. The number of H-pyrrole nitrogens is 1.